The third-order valence-corrected chi connectivity index (χ3v) is 4.14. The summed E-state index contributed by atoms with van der Waals surface area (Å²) in [6, 6.07) is 0. The lowest BCUT2D eigenvalue weighted by Crippen LogP contribution is -2.53. The third-order valence-electron chi connectivity index (χ3n) is 4.14. The molecular formula is C11H18O3. The highest BCUT2D eigenvalue weighted by molar-refractivity contribution is 5.85. The fourth-order valence-electron chi connectivity index (χ4n) is 3.05. The summed E-state index contributed by atoms with van der Waals surface area (Å²) in [5.74, 6) is 0.257. The maximum atomic E-state index is 11.8. The number of aliphatic hydroxyl groups excluding tert-OH is 2. The lowest BCUT2D eigenvalue weighted by molar-refractivity contribution is -0.153. The largest absolute Gasteiger partial charge is 0.390 e. The van der Waals surface area contributed by atoms with Gasteiger partial charge in [-0.25, -0.2) is 0 Å². The van der Waals surface area contributed by atoms with E-state index in [1.807, 2.05) is 6.92 Å². The number of aliphatic hydroxyl groups is 2. The van der Waals surface area contributed by atoms with Crippen molar-refractivity contribution in [1.82, 2.24) is 0 Å². The van der Waals surface area contributed by atoms with Gasteiger partial charge in [0, 0.05) is 11.8 Å². The number of Topliss-reactive ketones (excluding diaryl/α,β-unsaturated/α-hetero) is 1. The second-order valence-electron chi connectivity index (χ2n) is 4.94. The maximum absolute atomic E-state index is 11.8. The maximum Gasteiger partial charge on any atom is 0.139 e. The Bertz CT molecular complexity index is 251. The van der Waals surface area contributed by atoms with Crippen molar-refractivity contribution in [2.45, 2.75) is 51.2 Å². The van der Waals surface area contributed by atoms with Crippen LogP contribution in [0.5, 0.6) is 0 Å². The van der Waals surface area contributed by atoms with Crippen LogP contribution < -0.4 is 0 Å². The highest BCUT2D eigenvalue weighted by atomic mass is 16.3. The summed E-state index contributed by atoms with van der Waals surface area (Å²) in [4.78, 5) is 11.8. The topological polar surface area (TPSA) is 57.5 Å². The molecule has 0 heterocycles. The first kappa shape index (κ1) is 10.1. The highest BCUT2D eigenvalue weighted by Gasteiger charge is 2.50. The average molecular weight is 198 g/mol. The Labute approximate surface area is 84.1 Å². The molecule has 0 aromatic heterocycles. The van der Waals surface area contributed by atoms with Gasteiger partial charge < -0.3 is 10.2 Å². The molecule has 2 fully saturated rings. The molecule has 3 nitrogen and oxygen atoms in total. The Morgan fingerprint density at radius 1 is 1.36 bits per heavy atom. The van der Waals surface area contributed by atoms with Gasteiger partial charge in [0.2, 0.25) is 0 Å². The van der Waals surface area contributed by atoms with Gasteiger partial charge in [-0.15, -0.1) is 0 Å². The molecule has 0 aliphatic heterocycles. The standard InChI is InChI=1S/C11H18O3/c1-11-6-5-8(12)10(14)7(11)3-2-4-9(11)13/h7-8,10,12,14H,2-6H2,1H3/t7?,8-,10+,11-/m0/s1. The van der Waals surface area contributed by atoms with Crippen LogP contribution in [-0.2, 0) is 4.79 Å². The van der Waals surface area contributed by atoms with E-state index in [0.717, 1.165) is 19.3 Å². The van der Waals surface area contributed by atoms with Gasteiger partial charge in [-0.1, -0.05) is 6.92 Å². The summed E-state index contributed by atoms with van der Waals surface area (Å²) in [6.45, 7) is 1.95. The van der Waals surface area contributed by atoms with E-state index in [-0.39, 0.29) is 17.1 Å². The van der Waals surface area contributed by atoms with E-state index in [0.29, 0.717) is 12.8 Å². The summed E-state index contributed by atoms with van der Waals surface area (Å²) in [6.07, 6.45) is 2.35. The highest BCUT2D eigenvalue weighted by Crippen LogP contribution is 2.48. The molecule has 1 unspecified atom stereocenters. The lowest BCUT2D eigenvalue weighted by atomic mass is 9.58. The van der Waals surface area contributed by atoms with Crippen molar-refractivity contribution in [3.63, 3.8) is 0 Å². The van der Waals surface area contributed by atoms with E-state index in [2.05, 4.69) is 0 Å². The first-order valence-corrected chi connectivity index (χ1v) is 5.45. The van der Waals surface area contributed by atoms with Crippen LogP contribution >= 0.6 is 0 Å². The third kappa shape index (κ3) is 1.30. The van der Waals surface area contributed by atoms with Crippen molar-refractivity contribution in [3.8, 4) is 0 Å². The first-order valence-electron chi connectivity index (χ1n) is 5.45. The van der Waals surface area contributed by atoms with Crippen LogP contribution in [0.1, 0.15) is 39.0 Å². The Hall–Kier alpha value is -0.410. The molecule has 2 N–H and O–H groups in total. The van der Waals surface area contributed by atoms with Crippen molar-refractivity contribution in [3.05, 3.63) is 0 Å². The number of fused-ring (bicyclic) bond motifs is 1. The molecule has 2 aliphatic carbocycles. The summed E-state index contributed by atoms with van der Waals surface area (Å²) < 4.78 is 0. The van der Waals surface area contributed by atoms with E-state index in [1.54, 1.807) is 0 Å². The summed E-state index contributed by atoms with van der Waals surface area (Å²) in [7, 11) is 0. The molecule has 3 heteroatoms. The van der Waals surface area contributed by atoms with E-state index in [4.69, 9.17) is 0 Å². The van der Waals surface area contributed by atoms with Crippen molar-refractivity contribution in [2.75, 3.05) is 0 Å². The lowest BCUT2D eigenvalue weighted by Gasteiger charge is -2.47. The molecule has 0 saturated heterocycles. The van der Waals surface area contributed by atoms with Gasteiger partial charge in [-0.2, -0.15) is 0 Å². The van der Waals surface area contributed by atoms with E-state index < -0.39 is 12.2 Å². The summed E-state index contributed by atoms with van der Waals surface area (Å²) in [5.41, 5.74) is -0.364. The number of carbonyl (C=O) groups excluding carboxylic acids is 1. The normalized spacial score (nSPS) is 48.8. The number of hydrogen-bond acceptors (Lipinski definition) is 3. The molecule has 4 atom stereocenters. The molecule has 2 rings (SSSR count). The van der Waals surface area contributed by atoms with E-state index in [9.17, 15) is 15.0 Å². The summed E-state index contributed by atoms with van der Waals surface area (Å²) in [5, 5.41) is 19.4. The second kappa shape index (κ2) is 3.31. The smallest absolute Gasteiger partial charge is 0.139 e. The minimum Gasteiger partial charge on any atom is -0.390 e. The van der Waals surface area contributed by atoms with Crippen molar-refractivity contribution < 1.29 is 15.0 Å². The minimum atomic E-state index is -0.696. The van der Waals surface area contributed by atoms with Crippen molar-refractivity contribution in [2.24, 2.45) is 11.3 Å². The molecule has 0 aromatic rings. The zero-order valence-corrected chi connectivity index (χ0v) is 8.57. The van der Waals surface area contributed by atoms with Crippen LogP contribution in [0.4, 0.5) is 0 Å². The van der Waals surface area contributed by atoms with Gasteiger partial charge in [0.05, 0.1) is 12.2 Å². The minimum absolute atomic E-state index is 0.0208. The molecule has 0 spiro atoms. The van der Waals surface area contributed by atoms with Gasteiger partial charge in [-0.05, 0) is 31.6 Å². The van der Waals surface area contributed by atoms with Gasteiger partial charge in [-0.3, -0.25) is 4.79 Å². The quantitative estimate of drug-likeness (QED) is 0.607. The molecule has 14 heavy (non-hydrogen) atoms. The zero-order chi connectivity index (χ0) is 10.3. The fraction of sp³-hybridized carbons (Fsp3) is 0.909. The molecule has 0 bridgehead atoms. The van der Waals surface area contributed by atoms with Gasteiger partial charge in [0.15, 0.2) is 0 Å². The molecule has 2 aliphatic rings. The monoisotopic (exact) mass is 198 g/mol. The second-order valence-corrected chi connectivity index (χ2v) is 4.94. The van der Waals surface area contributed by atoms with Crippen molar-refractivity contribution in [1.29, 1.82) is 0 Å². The predicted octanol–water partition coefficient (Wildman–Crippen LogP) is 0.878. The Balaban J connectivity index is 2.25. The van der Waals surface area contributed by atoms with Crippen LogP contribution in [0, 0.1) is 11.3 Å². The SMILES string of the molecule is C[C@]12CC[C@H](O)[C@H](O)C1CCCC2=O. The van der Waals surface area contributed by atoms with E-state index in [1.165, 1.54) is 0 Å². The predicted molar refractivity (Wildman–Crippen MR) is 51.7 cm³/mol. The molecule has 0 radical (unpaired) electrons. The molecule has 0 aromatic carbocycles. The van der Waals surface area contributed by atoms with Gasteiger partial charge in [0.25, 0.3) is 0 Å². The molecule has 80 valence electrons. The van der Waals surface area contributed by atoms with Crippen LogP contribution in [0.15, 0.2) is 0 Å². The Kier molecular flexibility index (Phi) is 2.40. The molecule has 0 amide bonds. The molecular weight excluding hydrogens is 180 g/mol. The number of carbonyl (C=O) groups is 1. The zero-order valence-electron chi connectivity index (χ0n) is 8.57. The van der Waals surface area contributed by atoms with Crippen molar-refractivity contribution >= 4 is 5.78 Å². The first-order chi connectivity index (χ1) is 6.55. The van der Waals surface area contributed by atoms with Crippen LogP contribution in [-0.4, -0.2) is 28.2 Å². The number of hydrogen-bond donors (Lipinski definition) is 2. The Morgan fingerprint density at radius 2 is 2.07 bits per heavy atom. The van der Waals surface area contributed by atoms with Crippen LogP contribution in [0.25, 0.3) is 0 Å². The average Bonchev–Trinajstić information content (AvgIpc) is 2.16. The van der Waals surface area contributed by atoms with Crippen LogP contribution in [0.3, 0.4) is 0 Å². The van der Waals surface area contributed by atoms with Gasteiger partial charge >= 0.3 is 0 Å². The van der Waals surface area contributed by atoms with E-state index >= 15 is 0 Å². The van der Waals surface area contributed by atoms with Gasteiger partial charge in [0.1, 0.15) is 5.78 Å². The number of rotatable bonds is 0. The molecule has 2 saturated carbocycles. The number of ketones is 1. The fourth-order valence-corrected chi connectivity index (χ4v) is 3.05. The Morgan fingerprint density at radius 3 is 2.79 bits per heavy atom. The van der Waals surface area contributed by atoms with Crippen LogP contribution in [0.2, 0.25) is 0 Å². The summed E-state index contributed by atoms with van der Waals surface area (Å²) >= 11 is 0.